The van der Waals surface area contributed by atoms with E-state index in [1.165, 1.54) is 4.90 Å². The minimum Gasteiger partial charge on any atom is -0.507 e. The summed E-state index contributed by atoms with van der Waals surface area (Å²) in [5, 5.41) is 11.2. The summed E-state index contributed by atoms with van der Waals surface area (Å²) >= 11 is 3.46. The Morgan fingerprint density at radius 2 is 1.84 bits per heavy atom. The fourth-order valence-electron chi connectivity index (χ4n) is 3.81. The van der Waals surface area contributed by atoms with Crippen molar-refractivity contribution in [2.75, 3.05) is 6.61 Å². The summed E-state index contributed by atoms with van der Waals surface area (Å²) in [6, 6.07) is 17.1. The van der Waals surface area contributed by atoms with Crippen LogP contribution in [0, 0.1) is 0 Å². The van der Waals surface area contributed by atoms with E-state index in [0.29, 0.717) is 17.9 Å². The lowest BCUT2D eigenvalue weighted by atomic mass is 9.95. The zero-order valence-electron chi connectivity index (χ0n) is 17.4. The number of carbonyl (C=O) groups excluding carboxylic acids is 2. The average Bonchev–Trinajstić information content (AvgIpc) is 3.05. The van der Waals surface area contributed by atoms with Crippen LogP contribution < -0.4 is 4.74 Å². The smallest absolute Gasteiger partial charge is 0.295 e. The lowest BCUT2D eigenvalue weighted by molar-refractivity contribution is -0.140. The summed E-state index contributed by atoms with van der Waals surface area (Å²) in [6.45, 7) is 2.54. The quantitative estimate of drug-likeness (QED) is 0.301. The van der Waals surface area contributed by atoms with Gasteiger partial charge in [-0.05, 0) is 54.4 Å². The second-order valence-electron chi connectivity index (χ2n) is 7.30. The zero-order chi connectivity index (χ0) is 22.7. The van der Waals surface area contributed by atoms with Gasteiger partial charge in [0.1, 0.15) is 11.5 Å². The van der Waals surface area contributed by atoms with Gasteiger partial charge in [0, 0.05) is 29.0 Å². The van der Waals surface area contributed by atoms with Crippen molar-refractivity contribution in [1.29, 1.82) is 0 Å². The lowest BCUT2D eigenvalue weighted by Crippen LogP contribution is -2.29. The number of likely N-dealkylation sites (tertiary alicyclic amines) is 1. The van der Waals surface area contributed by atoms with E-state index in [1.807, 2.05) is 31.2 Å². The Morgan fingerprint density at radius 3 is 2.56 bits per heavy atom. The van der Waals surface area contributed by atoms with Crippen molar-refractivity contribution in [2.24, 2.45) is 0 Å². The summed E-state index contributed by atoms with van der Waals surface area (Å²) in [6.07, 6.45) is 3.28. The number of pyridine rings is 1. The van der Waals surface area contributed by atoms with Gasteiger partial charge in [-0.3, -0.25) is 14.6 Å². The Bertz CT molecular complexity index is 1190. The number of benzene rings is 2. The number of carbonyl (C=O) groups is 2. The first-order valence-corrected chi connectivity index (χ1v) is 10.9. The van der Waals surface area contributed by atoms with Crippen LogP contribution in [0.3, 0.4) is 0 Å². The molecule has 1 unspecified atom stereocenters. The van der Waals surface area contributed by atoms with Crippen molar-refractivity contribution < 1.29 is 19.4 Å². The maximum Gasteiger partial charge on any atom is 0.295 e. The van der Waals surface area contributed by atoms with E-state index >= 15 is 0 Å². The van der Waals surface area contributed by atoms with E-state index in [0.717, 1.165) is 15.6 Å². The number of rotatable bonds is 6. The van der Waals surface area contributed by atoms with E-state index < -0.39 is 17.7 Å². The van der Waals surface area contributed by atoms with Crippen LogP contribution in [0.2, 0.25) is 0 Å². The van der Waals surface area contributed by atoms with Gasteiger partial charge in [0.25, 0.3) is 11.7 Å². The minimum absolute atomic E-state index is 0.0517. The van der Waals surface area contributed by atoms with Crippen LogP contribution in [-0.4, -0.2) is 33.3 Å². The van der Waals surface area contributed by atoms with Crippen LogP contribution in [0.5, 0.6) is 5.75 Å². The van der Waals surface area contributed by atoms with Crippen LogP contribution >= 0.6 is 15.9 Å². The number of Topliss-reactive ketones (excluding diaryl/α,β-unsaturated/α-hetero) is 1. The van der Waals surface area contributed by atoms with Gasteiger partial charge in [-0.1, -0.05) is 40.2 Å². The Hall–Kier alpha value is -3.45. The number of aliphatic hydroxyl groups is 1. The number of ketones is 1. The van der Waals surface area contributed by atoms with Crippen molar-refractivity contribution in [3.05, 3.63) is 99.8 Å². The molecule has 0 radical (unpaired) electrons. The molecule has 2 aromatic carbocycles. The van der Waals surface area contributed by atoms with Gasteiger partial charge in [-0.2, -0.15) is 0 Å². The number of aliphatic hydroxyl groups excluding tert-OH is 1. The Kier molecular flexibility index (Phi) is 6.37. The summed E-state index contributed by atoms with van der Waals surface area (Å²) in [4.78, 5) is 31.7. The summed E-state index contributed by atoms with van der Waals surface area (Å²) < 4.78 is 6.33. The standard InChI is InChI=1S/C25H21BrN2O4/c1-2-32-20-8-4-6-18(14-20)23(29)21-22(17-5-3-7-19(26)13-17)28(25(31)24(21)30)15-16-9-11-27-12-10-16/h3-14,22,29H,2,15H2,1H3. The topological polar surface area (TPSA) is 79.7 Å². The number of halogens is 1. The molecule has 0 aliphatic carbocycles. The first-order chi connectivity index (χ1) is 15.5. The third-order valence-electron chi connectivity index (χ3n) is 5.23. The number of nitrogens with zero attached hydrogens (tertiary/aromatic N) is 2. The average molecular weight is 493 g/mol. The highest BCUT2D eigenvalue weighted by Gasteiger charge is 2.46. The summed E-state index contributed by atoms with van der Waals surface area (Å²) in [5.74, 6) is -1.04. The third-order valence-corrected chi connectivity index (χ3v) is 5.72. The van der Waals surface area contributed by atoms with Gasteiger partial charge in [0.2, 0.25) is 0 Å². The maximum atomic E-state index is 13.1. The lowest BCUT2D eigenvalue weighted by Gasteiger charge is -2.25. The SMILES string of the molecule is CCOc1cccc(C(O)=C2C(=O)C(=O)N(Cc3ccncc3)C2c2cccc(Br)c2)c1. The third kappa shape index (κ3) is 4.29. The number of hydrogen-bond acceptors (Lipinski definition) is 5. The van der Waals surface area contributed by atoms with Crippen LogP contribution in [0.4, 0.5) is 0 Å². The van der Waals surface area contributed by atoms with E-state index in [-0.39, 0.29) is 17.9 Å². The molecule has 0 spiro atoms. The fourth-order valence-corrected chi connectivity index (χ4v) is 4.22. The molecule has 1 atom stereocenters. The Morgan fingerprint density at radius 1 is 1.09 bits per heavy atom. The van der Waals surface area contributed by atoms with Crippen LogP contribution in [0.15, 0.2) is 83.1 Å². The number of aromatic nitrogens is 1. The van der Waals surface area contributed by atoms with Gasteiger partial charge in [0.05, 0.1) is 18.2 Å². The molecule has 1 aliphatic rings. The van der Waals surface area contributed by atoms with E-state index in [9.17, 15) is 14.7 Å². The van der Waals surface area contributed by atoms with Gasteiger partial charge in [-0.15, -0.1) is 0 Å². The predicted octanol–water partition coefficient (Wildman–Crippen LogP) is 4.86. The number of amides is 1. The largest absolute Gasteiger partial charge is 0.507 e. The predicted molar refractivity (Wildman–Crippen MR) is 124 cm³/mol. The number of ether oxygens (including phenoxy) is 1. The van der Waals surface area contributed by atoms with Crippen molar-refractivity contribution in [2.45, 2.75) is 19.5 Å². The molecule has 6 nitrogen and oxygen atoms in total. The first-order valence-electron chi connectivity index (χ1n) is 10.2. The molecule has 1 saturated heterocycles. The molecule has 7 heteroatoms. The molecule has 4 rings (SSSR count). The highest BCUT2D eigenvalue weighted by Crippen LogP contribution is 2.41. The van der Waals surface area contributed by atoms with Gasteiger partial charge < -0.3 is 14.7 Å². The van der Waals surface area contributed by atoms with E-state index in [1.54, 1.807) is 48.8 Å². The maximum absolute atomic E-state index is 13.1. The molecule has 1 aromatic heterocycles. The molecule has 162 valence electrons. The Labute approximate surface area is 194 Å². The molecule has 1 fully saturated rings. The first kappa shape index (κ1) is 21.8. The van der Waals surface area contributed by atoms with Crippen molar-refractivity contribution in [3.63, 3.8) is 0 Å². The Balaban J connectivity index is 1.85. The molecule has 0 bridgehead atoms. The van der Waals surface area contributed by atoms with E-state index in [2.05, 4.69) is 20.9 Å². The molecule has 3 aromatic rings. The molecule has 2 heterocycles. The van der Waals surface area contributed by atoms with Crippen molar-refractivity contribution >= 4 is 33.4 Å². The zero-order valence-corrected chi connectivity index (χ0v) is 19.0. The van der Waals surface area contributed by atoms with Crippen molar-refractivity contribution in [3.8, 4) is 5.75 Å². The van der Waals surface area contributed by atoms with Crippen LogP contribution in [-0.2, 0) is 16.1 Å². The normalized spacial score (nSPS) is 17.6. The molecular weight excluding hydrogens is 472 g/mol. The minimum atomic E-state index is -0.739. The van der Waals surface area contributed by atoms with Gasteiger partial charge in [-0.25, -0.2) is 0 Å². The van der Waals surface area contributed by atoms with Crippen LogP contribution in [0.25, 0.3) is 5.76 Å². The summed E-state index contributed by atoms with van der Waals surface area (Å²) in [5.41, 5.74) is 2.02. The summed E-state index contributed by atoms with van der Waals surface area (Å²) in [7, 11) is 0. The molecule has 32 heavy (non-hydrogen) atoms. The molecule has 1 amide bonds. The molecule has 1 aliphatic heterocycles. The van der Waals surface area contributed by atoms with E-state index in [4.69, 9.17) is 4.74 Å². The molecular formula is C25H21BrN2O4. The number of hydrogen-bond donors (Lipinski definition) is 1. The molecule has 0 saturated carbocycles. The fraction of sp³-hybridized carbons (Fsp3) is 0.160. The molecule has 1 N–H and O–H groups in total. The van der Waals surface area contributed by atoms with Crippen molar-refractivity contribution in [1.82, 2.24) is 9.88 Å². The second kappa shape index (κ2) is 9.36. The second-order valence-corrected chi connectivity index (χ2v) is 8.21. The highest BCUT2D eigenvalue weighted by atomic mass is 79.9. The highest BCUT2D eigenvalue weighted by molar-refractivity contribution is 9.10. The van der Waals surface area contributed by atoms with Gasteiger partial charge in [0.15, 0.2) is 0 Å². The van der Waals surface area contributed by atoms with Crippen LogP contribution in [0.1, 0.15) is 29.7 Å². The van der Waals surface area contributed by atoms with Gasteiger partial charge >= 0.3 is 0 Å². The monoisotopic (exact) mass is 492 g/mol.